The Morgan fingerprint density at radius 3 is 2.28 bits per heavy atom. The Hall–Kier alpha value is -3.91. The average molecular weight is 334 g/mol. The molecule has 2 aromatic carbocycles. The summed E-state index contributed by atoms with van der Waals surface area (Å²) in [6.07, 6.45) is 1.51. The molecule has 0 aromatic heterocycles. The first-order chi connectivity index (χ1) is 12.0. The zero-order valence-corrected chi connectivity index (χ0v) is 13.6. The van der Waals surface area contributed by atoms with E-state index in [1.54, 1.807) is 6.07 Å². The van der Waals surface area contributed by atoms with Crippen molar-refractivity contribution in [1.82, 2.24) is 0 Å². The number of hydrogen-bond donors (Lipinski definition) is 1. The van der Waals surface area contributed by atoms with Crippen LogP contribution in [0.4, 0.5) is 17.1 Å². The monoisotopic (exact) mass is 334 g/mol. The predicted molar refractivity (Wildman–Crippen MR) is 94.5 cm³/mol. The number of nitro benzene ring substituents is 1. The van der Waals surface area contributed by atoms with E-state index in [9.17, 15) is 10.1 Å². The Morgan fingerprint density at radius 1 is 1.16 bits per heavy atom. The van der Waals surface area contributed by atoms with Gasteiger partial charge in [0.25, 0.3) is 5.69 Å². The fourth-order valence-corrected chi connectivity index (χ4v) is 2.05. The van der Waals surface area contributed by atoms with Crippen molar-refractivity contribution < 1.29 is 4.92 Å². The molecule has 0 fully saturated rings. The first kappa shape index (κ1) is 17.4. The molecule has 8 nitrogen and oxygen atoms in total. The standard InChI is InChI=1S/C17H14N6O2/c1-22(2)15-5-3-12(4-6-15)11-20-21-16-7-13(9-18)14(10-19)8-17(16)23(24)25/h3-8,11,21H,1-2H3. The molecule has 0 amide bonds. The third-order valence-corrected chi connectivity index (χ3v) is 3.38. The van der Waals surface area contributed by atoms with Crippen LogP contribution in [-0.2, 0) is 0 Å². The second kappa shape index (κ2) is 7.57. The summed E-state index contributed by atoms with van der Waals surface area (Å²) in [5.74, 6) is 0. The SMILES string of the molecule is CN(C)c1ccc(C=NNc2cc(C#N)c(C#N)cc2[N+](=O)[O-])cc1. The van der Waals surface area contributed by atoms with Gasteiger partial charge in [-0.25, -0.2) is 0 Å². The predicted octanol–water partition coefficient (Wildman–Crippen LogP) is 2.85. The number of anilines is 2. The summed E-state index contributed by atoms with van der Waals surface area (Å²) in [7, 11) is 3.86. The molecular weight excluding hydrogens is 320 g/mol. The maximum atomic E-state index is 11.1. The number of hydrogen-bond acceptors (Lipinski definition) is 7. The maximum Gasteiger partial charge on any atom is 0.295 e. The van der Waals surface area contributed by atoms with E-state index < -0.39 is 4.92 Å². The third kappa shape index (κ3) is 4.09. The summed E-state index contributed by atoms with van der Waals surface area (Å²) in [4.78, 5) is 12.5. The van der Waals surface area contributed by atoms with E-state index in [1.165, 1.54) is 12.3 Å². The van der Waals surface area contributed by atoms with E-state index in [0.717, 1.165) is 17.3 Å². The normalized spacial score (nSPS) is 10.1. The molecular formula is C17H14N6O2. The lowest BCUT2D eigenvalue weighted by Crippen LogP contribution is -2.08. The molecule has 124 valence electrons. The molecule has 8 heteroatoms. The van der Waals surface area contributed by atoms with Crippen LogP contribution < -0.4 is 10.3 Å². The van der Waals surface area contributed by atoms with Gasteiger partial charge in [-0.05, 0) is 23.8 Å². The van der Waals surface area contributed by atoms with Gasteiger partial charge in [0.05, 0.1) is 22.3 Å². The zero-order valence-electron chi connectivity index (χ0n) is 13.6. The number of benzene rings is 2. The summed E-state index contributed by atoms with van der Waals surface area (Å²) in [5, 5.41) is 33.1. The van der Waals surface area contributed by atoms with Crippen LogP contribution in [0.3, 0.4) is 0 Å². The molecule has 0 aliphatic carbocycles. The quantitative estimate of drug-likeness (QED) is 0.510. The summed E-state index contributed by atoms with van der Waals surface area (Å²) in [5.41, 5.74) is 4.11. The summed E-state index contributed by atoms with van der Waals surface area (Å²) < 4.78 is 0. The van der Waals surface area contributed by atoms with Crippen molar-refractivity contribution in [2.45, 2.75) is 0 Å². The van der Waals surface area contributed by atoms with Crippen molar-refractivity contribution in [2.75, 3.05) is 24.4 Å². The van der Waals surface area contributed by atoms with Gasteiger partial charge in [0.1, 0.15) is 17.8 Å². The molecule has 1 N–H and O–H groups in total. The summed E-state index contributed by atoms with van der Waals surface area (Å²) in [6.45, 7) is 0. The molecule has 0 aliphatic heterocycles. The molecule has 0 bridgehead atoms. The molecule has 0 saturated carbocycles. The Balaban J connectivity index is 2.26. The Labute approximate surface area is 144 Å². The van der Waals surface area contributed by atoms with Gasteiger partial charge in [-0.1, -0.05) is 12.1 Å². The molecule has 0 saturated heterocycles. The second-order valence-electron chi connectivity index (χ2n) is 5.25. The number of hydrazone groups is 1. The number of nitrogens with zero attached hydrogens (tertiary/aromatic N) is 5. The molecule has 2 aromatic rings. The minimum absolute atomic E-state index is 0.0427. The minimum Gasteiger partial charge on any atom is -0.378 e. The molecule has 0 spiro atoms. The number of nitro groups is 1. The van der Waals surface area contributed by atoms with Gasteiger partial charge in [-0.15, -0.1) is 0 Å². The molecule has 0 atom stereocenters. The van der Waals surface area contributed by atoms with Crippen molar-refractivity contribution in [3.8, 4) is 12.1 Å². The molecule has 0 heterocycles. The fourth-order valence-electron chi connectivity index (χ4n) is 2.05. The molecule has 0 aliphatic rings. The van der Waals surface area contributed by atoms with Crippen molar-refractivity contribution in [2.24, 2.45) is 5.10 Å². The molecule has 0 unspecified atom stereocenters. The lowest BCUT2D eigenvalue weighted by Gasteiger charge is -2.11. The van der Waals surface area contributed by atoms with Crippen molar-refractivity contribution in [3.05, 3.63) is 63.2 Å². The van der Waals surface area contributed by atoms with Crippen molar-refractivity contribution in [1.29, 1.82) is 10.5 Å². The van der Waals surface area contributed by atoms with Crippen LogP contribution in [0, 0.1) is 32.8 Å². The van der Waals surface area contributed by atoms with E-state index in [2.05, 4.69) is 10.5 Å². The highest BCUT2D eigenvalue weighted by molar-refractivity contribution is 5.81. The van der Waals surface area contributed by atoms with Crippen LogP contribution in [0.15, 0.2) is 41.5 Å². The summed E-state index contributed by atoms with van der Waals surface area (Å²) >= 11 is 0. The maximum absolute atomic E-state index is 11.1. The van der Waals surface area contributed by atoms with E-state index >= 15 is 0 Å². The average Bonchev–Trinajstić information content (AvgIpc) is 2.61. The highest BCUT2D eigenvalue weighted by Gasteiger charge is 2.18. The van der Waals surface area contributed by atoms with E-state index in [-0.39, 0.29) is 22.5 Å². The molecule has 25 heavy (non-hydrogen) atoms. The summed E-state index contributed by atoms with van der Waals surface area (Å²) in [6, 6.07) is 13.4. The fraction of sp³-hybridized carbons (Fsp3) is 0.118. The van der Waals surface area contributed by atoms with E-state index in [1.807, 2.05) is 49.3 Å². The minimum atomic E-state index is -0.633. The van der Waals surface area contributed by atoms with Crippen LogP contribution in [-0.4, -0.2) is 25.2 Å². The van der Waals surface area contributed by atoms with Gasteiger partial charge in [-0.2, -0.15) is 15.6 Å². The van der Waals surface area contributed by atoms with Gasteiger partial charge in [0, 0.05) is 25.8 Å². The smallest absolute Gasteiger partial charge is 0.295 e. The van der Waals surface area contributed by atoms with Gasteiger partial charge in [-0.3, -0.25) is 15.5 Å². The van der Waals surface area contributed by atoms with E-state index in [4.69, 9.17) is 10.5 Å². The largest absolute Gasteiger partial charge is 0.378 e. The number of rotatable bonds is 5. The number of nitriles is 2. The molecule has 2 rings (SSSR count). The Morgan fingerprint density at radius 2 is 1.76 bits per heavy atom. The first-order valence-electron chi connectivity index (χ1n) is 7.15. The topological polar surface area (TPSA) is 118 Å². The van der Waals surface area contributed by atoms with Gasteiger partial charge in [0.15, 0.2) is 0 Å². The third-order valence-electron chi connectivity index (χ3n) is 3.38. The van der Waals surface area contributed by atoms with Crippen LogP contribution in [0.5, 0.6) is 0 Å². The van der Waals surface area contributed by atoms with Crippen molar-refractivity contribution >= 4 is 23.3 Å². The highest BCUT2D eigenvalue weighted by atomic mass is 16.6. The van der Waals surface area contributed by atoms with Crippen molar-refractivity contribution in [3.63, 3.8) is 0 Å². The Bertz CT molecular complexity index is 904. The van der Waals surface area contributed by atoms with Crippen LogP contribution in [0.2, 0.25) is 0 Å². The highest BCUT2D eigenvalue weighted by Crippen LogP contribution is 2.28. The van der Waals surface area contributed by atoms with Crippen LogP contribution >= 0.6 is 0 Å². The number of nitrogens with one attached hydrogen (secondary N) is 1. The molecule has 0 radical (unpaired) electrons. The first-order valence-corrected chi connectivity index (χ1v) is 7.15. The van der Waals surface area contributed by atoms with Gasteiger partial charge in [0.2, 0.25) is 0 Å². The second-order valence-corrected chi connectivity index (χ2v) is 5.25. The zero-order chi connectivity index (χ0) is 18.4. The lowest BCUT2D eigenvalue weighted by molar-refractivity contribution is -0.384. The van der Waals surface area contributed by atoms with Crippen LogP contribution in [0.1, 0.15) is 16.7 Å². The lowest BCUT2D eigenvalue weighted by atomic mass is 10.1. The van der Waals surface area contributed by atoms with E-state index in [0.29, 0.717) is 0 Å². The van der Waals surface area contributed by atoms with Crippen LogP contribution in [0.25, 0.3) is 0 Å². The van der Waals surface area contributed by atoms with Gasteiger partial charge < -0.3 is 4.90 Å². The van der Waals surface area contributed by atoms with Gasteiger partial charge >= 0.3 is 0 Å². The Kier molecular flexibility index (Phi) is 5.29.